The normalized spacial score (nSPS) is 18.6. The monoisotopic (exact) mass is 579 g/mol. The summed E-state index contributed by atoms with van der Waals surface area (Å²) in [4.78, 5) is 2.51. The minimum atomic E-state index is 0.547. The molecule has 2 aliphatic heterocycles. The van der Waals surface area contributed by atoms with Gasteiger partial charge in [-0.05, 0) is 99.1 Å². The molecule has 1 unspecified atom stereocenters. The van der Waals surface area contributed by atoms with Crippen molar-refractivity contribution < 1.29 is 9.47 Å². The second-order valence-corrected chi connectivity index (χ2v) is 12.1. The second kappa shape index (κ2) is 12.7. The first-order chi connectivity index (χ1) is 20.5. The molecule has 42 heavy (non-hydrogen) atoms. The minimum Gasteiger partial charge on any atom is -0.492 e. The number of nitrogens with zero attached hydrogens (tertiary/aromatic N) is 2. The van der Waals surface area contributed by atoms with Crippen molar-refractivity contribution in [3.8, 4) is 11.5 Å². The first-order valence-corrected chi connectivity index (χ1v) is 15.5. The van der Waals surface area contributed by atoms with E-state index in [0.29, 0.717) is 11.1 Å². The molecule has 5 heteroatoms. The Hall–Kier alpha value is -3.57. The van der Waals surface area contributed by atoms with Crippen molar-refractivity contribution in [1.29, 1.82) is 0 Å². The number of fused-ring (bicyclic) bond motifs is 1. The van der Waals surface area contributed by atoms with Gasteiger partial charge in [0.15, 0.2) is 0 Å². The van der Waals surface area contributed by atoms with E-state index in [1.54, 1.807) is 0 Å². The lowest BCUT2D eigenvalue weighted by Gasteiger charge is -2.33. The van der Waals surface area contributed by atoms with Gasteiger partial charge in [0.05, 0.1) is 7.05 Å². The van der Waals surface area contributed by atoms with Crippen molar-refractivity contribution in [2.75, 3.05) is 33.3 Å². The highest BCUT2D eigenvalue weighted by atomic mass is 35.5. The molecular formula is C37H40ClN2O2+. The van der Waals surface area contributed by atoms with Crippen LogP contribution in [0.15, 0.2) is 97.1 Å². The minimum absolute atomic E-state index is 0.547. The molecule has 0 aromatic heterocycles. The van der Waals surface area contributed by atoms with Gasteiger partial charge in [-0.25, -0.2) is 0 Å². The molecule has 4 aromatic carbocycles. The van der Waals surface area contributed by atoms with Gasteiger partial charge in [-0.3, -0.25) is 9.38 Å². The number of hydrogen-bond donors (Lipinski definition) is 0. The highest BCUT2D eigenvalue weighted by Crippen LogP contribution is 2.50. The molecule has 4 aromatic rings. The fourth-order valence-electron chi connectivity index (χ4n) is 6.50. The van der Waals surface area contributed by atoms with Crippen LogP contribution in [-0.4, -0.2) is 38.2 Å². The first-order valence-electron chi connectivity index (χ1n) is 15.1. The Morgan fingerprint density at radius 1 is 0.762 bits per heavy atom. The molecule has 0 aliphatic carbocycles. The Balaban J connectivity index is 1.23. The molecule has 0 bridgehead atoms. The van der Waals surface area contributed by atoms with Crippen molar-refractivity contribution in [3.63, 3.8) is 0 Å². The maximum atomic E-state index is 6.29. The summed E-state index contributed by atoms with van der Waals surface area (Å²) in [7, 11) is 2.31. The van der Waals surface area contributed by atoms with Crippen molar-refractivity contribution >= 4 is 28.6 Å². The lowest BCUT2D eigenvalue weighted by Crippen LogP contribution is -2.40. The Labute approximate surface area is 255 Å². The SMILES string of the molecule is CC1=C(c2ccc(Cl)cc2)[N+](C)(Cc2ccc(OCCN3CCCCC3)cc2)c2ccc(OCc3ccccc3)cc21. The van der Waals surface area contributed by atoms with Crippen molar-refractivity contribution in [3.05, 3.63) is 124 Å². The molecule has 1 fully saturated rings. The van der Waals surface area contributed by atoms with Gasteiger partial charge in [0.1, 0.15) is 42.6 Å². The van der Waals surface area contributed by atoms with Crippen molar-refractivity contribution in [2.45, 2.75) is 39.3 Å². The topological polar surface area (TPSA) is 21.7 Å². The van der Waals surface area contributed by atoms with E-state index in [2.05, 4.69) is 85.6 Å². The molecule has 0 N–H and O–H groups in total. The number of ether oxygens (including phenoxy) is 2. The van der Waals surface area contributed by atoms with Gasteiger partial charge in [0, 0.05) is 39.9 Å². The molecule has 216 valence electrons. The van der Waals surface area contributed by atoms with E-state index in [1.807, 2.05) is 30.3 Å². The number of allylic oxidation sites excluding steroid dienone is 1. The van der Waals surface area contributed by atoms with Crippen LogP contribution in [0.4, 0.5) is 5.69 Å². The first kappa shape index (κ1) is 28.5. The predicted molar refractivity (Wildman–Crippen MR) is 175 cm³/mol. The van der Waals surface area contributed by atoms with Gasteiger partial charge in [-0.1, -0.05) is 48.4 Å². The summed E-state index contributed by atoms with van der Waals surface area (Å²) >= 11 is 6.29. The van der Waals surface area contributed by atoms with E-state index >= 15 is 0 Å². The van der Waals surface area contributed by atoms with E-state index < -0.39 is 0 Å². The van der Waals surface area contributed by atoms with Crippen molar-refractivity contribution in [1.82, 2.24) is 9.38 Å². The second-order valence-electron chi connectivity index (χ2n) is 11.7. The van der Waals surface area contributed by atoms with E-state index in [4.69, 9.17) is 21.1 Å². The molecule has 0 spiro atoms. The largest absolute Gasteiger partial charge is 0.492 e. The molecule has 4 nitrogen and oxygen atoms in total. The quantitative estimate of drug-likeness (QED) is 0.175. The van der Waals surface area contributed by atoms with Crippen LogP contribution in [0.5, 0.6) is 11.5 Å². The summed E-state index contributed by atoms with van der Waals surface area (Å²) in [6, 6.07) is 33.7. The Kier molecular flexibility index (Phi) is 8.66. The van der Waals surface area contributed by atoms with Crippen LogP contribution in [0.25, 0.3) is 11.3 Å². The van der Waals surface area contributed by atoms with E-state index in [1.165, 1.54) is 66.0 Å². The van der Waals surface area contributed by atoms with Crippen molar-refractivity contribution in [2.24, 2.45) is 0 Å². The summed E-state index contributed by atoms with van der Waals surface area (Å²) < 4.78 is 13.0. The number of rotatable bonds is 10. The van der Waals surface area contributed by atoms with Gasteiger partial charge in [0.2, 0.25) is 0 Å². The maximum absolute atomic E-state index is 6.29. The summed E-state index contributed by atoms with van der Waals surface area (Å²) in [6.07, 6.45) is 3.98. The predicted octanol–water partition coefficient (Wildman–Crippen LogP) is 8.82. The van der Waals surface area contributed by atoms with Crippen LogP contribution in [0, 0.1) is 0 Å². The molecule has 1 atom stereocenters. The van der Waals surface area contributed by atoms with E-state index in [0.717, 1.165) is 41.8 Å². The maximum Gasteiger partial charge on any atom is 0.149 e. The number of quaternary nitrogens is 1. The smallest absolute Gasteiger partial charge is 0.149 e. The lowest BCUT2D eigenvalue weighted by molar-refractivity contribution is 0.183. The summed E-state index contributed by atoms with van der Waals surface area (Å²) in [5.74, 6) is 1.82. The van der Waals surface area contributed by atoms with Gasteiger partial charge in [-0.2, -0.15) is 0 Å². The van der Waals surface area contributed by atoms with Crippen LogP contribution >= 0.6 is 11.6 Å². The van der Waals surface area contributed by atoms with Gasteiger partial charge < -0.3 is 9.47 Å². The highest BCUT2D eigenvalue weighted by molar-refractivity contribution is 6.30. The van der Waals surface area contributed by atoms with Crippen LogP contribution in [-0.2, 0) is 13.2 Å². The van der Waals surface area contributed by atoms with Crippen LogP contribution in [0.3, 0.4) is 0 Å². The zero-order valence-corrected chi connectivity index (χ0v) is 25.4. The molecule has 2 heterocycles. The Morgan fingerprint density at radius 3 is 2.21 bits per heavy atom. The molecule has 0 radical (unpaired) electrons. The van der Waals surface area contributed by atoms with Gasteiger partial charge in [-0.15, -0.1) is 0 Å². The fourth-order valence-corrected chi connectivity index (χ4v) is 6.63. The number of hydrogen-bond acceptors (Lipinski definition) is 3. The average molecular weight is 580 g/mol. The molecule has 2 aliphatic rings. The number of halogens is 1. The Bertz CT molecular complexity index is 1530. The summed E-state index contributed by atoms with van der Waals surface area (Å²) in [6.45, 7) is 7.72. The fraction of sp³-hybridized carbons (Fsp3) is 0.297. The van der Waals surface area contributed by atoms with E-state index in [9.17, 15) is 0 Å². The third-order valence-electron chi connectivity index (χ3n) is 8.67. The van der Waals surface area contributed by atoms with Crippen LogP contribution in [0.2, 0.25) is 5.02 Å². The van der Waals surface area contributed by atoms with Gasteiger partial charge >= 0.3 is 0 Å². The summed E-state index contributed by atoms with van der Waals surface area (Å²) in [5.41, 5.74) is 8.64. The third-order valence-corrected chi connectivity index (χ3v) is 8.92. The number of piperidine rings is 1. The highest BCUT2D eigenvalue weighted by Gasteiger charge is 2.42. The zero-order valence-electron chi connectivity index (χ0n) is 24.7. The van der Waals surface area contributed by atoms with Crippen LogP contribution in [0.1, 0.15) is 48.4 Å². The molecule has 0 amide bonds. The lowest BCUT2D eigenvalue weighted by atomic mass is 10.0. The zero-order chi connectivity index (χ0) is 28.9. The van der Waals surface area contributed by atoms with E-state index in [-0.39, 0.29) is 0 Å². The molecule has 0 saturated carbocycles. The number of benzene rings is 4. The summed E-state index contributed by atoms with van der Waals surface area (Å²) in [5, 5.41) is 0.745. The third kappa shape index (κ3) is 6.27. The molecule has 6 rings (SSSR count). The Morgan fingerprint density at radius 2 is 1.48 bits per heavy atom. The average Bonchev–Trinajstić information content (AvgIpc) is 3.23. The van der Waals surface area contributed by atoms with Gasteiger partial charge in [0.25, 0.3) is 0 Å². The standard InChI is InChI=1S/C37H40ClN2O2/c1-28-35-25-34(42-27-30-9-5-3-6-10-30)19-20-36(35)40(2,37(28)31-13-15-32(38)16-14-31)26-29-11-17-33(18-12-29)41-24-23-39-21-7-4-8-22-39/h3,5-6,9-20,25H,4,7-8,21-24,26-27H2,1-2H3/q+1. The van der Waals surface area contributed by atoms with Crippen LogP contribution < -0.4 is 14.0 Å². The number of likely N-dealkylation sites (tertiary alicyclic amines) is 1. The molecular weight excluding hydrogens is 540 g/mol. The molecule has 1 saturated heterocycles.